The Morgan fingerprint density at radius 1 is 1.86 bits per heavy atom. The van der Waals surface area contributed by atoms with E-state index < -0.39 is 0 Å². The molecule has 1 aliphatic heterocycles. The molecule has 0 amide bonds. The highest BCUT2D eigenvalue weighted by Crippen LogP contribution is 2.04. The van der Waals surface area contributed by atoms with Crippen LogP contribution < -0.4 is 0 Å². The fourth-order valence-corrected chi connectivity index (χ4v) is 0.489. The van der Waals surface area contributed by atoms with Crippen molar-refractivity contribution in [2.24, 2.45) is 0 Å². The van der Waals surface area contributed by atoms with Crippen LogP contribution in [0, 0.1) is 0 Å². The van der Waals surface area contributed by atoms with E-state index >= 15 is 0 Å². The zero-order valence-corrected chi connectivity index (χ0v) is 3.81. The van der Waals surface area contributed by atoms with E-state index in [1.165, 1.54) is 0 Å². The van der Waals surface area contributed by atoms with Gasteiger partial charge in [-0.1, -0.05) is 0 Å². The van der Waals surface area contributed by atoms with E-state index in [1.54, 1.807) is 12.4 Å². The zero-order chi connectivity index (χ0) is 5.11. The first-order valence-electron chi connectivity index (χ1n) is 2.14. The normalized spacial score (nSPS) is 18.0. The molecular formula is C5H5O2. The van der Waals surface area contributed by atoms with E-state index in [0.717, 1.165) is 6.42 Å². The van der Waals surface area contributed by atoms with Crippen LogP contribution in [0.2, 0.25) is 0 Å². The lowest BCUT2D eigenvalue weighted by atomic mass is 10.4. The van der Waals surface area contributed by atoms with Crippen LogP contribution in [0.25, 0.3) is 0 Å². The highest BCUT2D eigenvalue weighted by Gasteiger charge is 2.01. The van der Waals surface area contributed by atoms with Crippen LogP contribution in [0.4, 0.5) is 0 Å². The predicted molar refractivity (Wildman–Crippen MR) is 24.3 cm³/mol. The molecule has 0 fully saturated rings. The summed E-state index contributed by atoms with van der Waals surface area (Å²) in [4.78, 5) is 9.69. The summed E-state index contributed by atoms with van der Waals surface area (Å²) in [5.41, 5.74) is 0. The Bertz CT molecular complexity index is 105. The Morgan fingerprint density at radius 3 is 3.00 bits per heavy atom. The molecule has 1 heterocycles. The number of hydrogen-bond acceptors (Lipinski definition) is 2. The van der Waals surface area contributed by atoms with Gasteiger partial charge in [-0.2, -0.15) is 0 Å². The minimum atomic E-state index is 0.361. The highest BCUT2D eigenvalue weighted by atomic mass is 16.5. The van der Waals surface area contributed by atoms with Gasteiger partial charge in [0.1, 0.15) is 0 Å². The summed E-state index contributed by atoms with van der Waals surface area (Å²) in [6, 6.07) is 0. The van der Waals surface area contributed by atoms with Crippen molar-refractivity contribution in [1.82, 2.24) is 0 Å². The molecule has 0 aromatic carbocycles. The summed E-state index contributed by atoms with van der Waals surface area (Å²) in [5, 5.41) is 0. The molecular weight excluding hydrogens is 92.1 g/mol. The maximum Gasteiger partial charge on any atom is 0.270 e. The Hall–Kier alpha value is -0.790. The maximum absolute atomic E-state index is 9.69. The third-order valence-electron chi connectivity index (χ3n) is 0.806. The van der Waals surface area contributed by atoms with Gasteiger partial charge in [-0.3, -0.25) is 4.79 Å². The second-order valence-electron chi connectivity index (χ2n) is 1.31. The molecule has 0 aliphatic carbocycles. The molecule has 0 saturated carbocycles. The molecule has 37 valence electrons. The first kappa shape index (κ1) is 4.37. The average Bonchev–Trinajstić information content (AvgIpc) is 2.14. The van der Waals surface area contributed by atoms with Gasteiger partial charge < -0.3 is 4.74 Å². The monoisotopic (exact) mass is 97.0 g/mol. The molecule has 1 aliphatic rings. The summed E-state index contributed by atoms with van der Waals surface area (Å²) in [7, 11) is 0. The van der Waals surface area contributed by atoms with Crippen molar-refractivity contribution in [3.8, 4) is 0 Å². The first-order valence-corrected chi connectivity index (χ1v) is 2.14. The molecule has 0 unspecified atom stereocenters. The lowest BCUT2D eigenvalue weighted by molar-refractivity contribution is 0.260. The minimum Gasteiger partial charge on any atom is -0.489 e. The Morgan fingerprint density at radius 2 is 2.71 bits per heavy atom. The molecule has 7 heavy (non-hydrogen) atoms. The lowest BCUT2D eigenvalue weighted by Gasteiger charge is -1.87. The van der Waals surface area contributed by atoms with Crippen molar-refractivity contribution in [2.75, 3.05) is 6.61 Å². The van der Waals surface area contributed by atoms with Gasteiger partial charge in [0.2, 0.25) is 0 Å². The molecule has 2 heteroatoms. The van der Waals surface area contributed by atoms with Gasteiger partial charge >= 0.3 is 0 Å². The van der Waals surface area contributed by atoms with E-state index in [1.807, 2.05) is 0 Å². The fourth-order valence-electron chi connectivity index (χ4n) is 0.489. The van der Waals surface area contributed by atoms with Crippen LogP contribution in [0.1, 0.15) is 6.42 Å². The van der Waals surface area contributed by atoms with Gasteiger partial charge in [-0.05, 0) is 6.08 Å². The molecule has 0 aromatic rings. The van der Waals surface area contributed by atoms with Gasteiger partial charge in [0.05, 0.1) is 6.61 Å². The van der Waals surface area contributed by atoms with E-state index in [2.05, 4.69) is 0 Å². The number of rotatable bonds is 1. The van der Waals surface area contributed by atoms with Crippen molar-refractivity contribution in [3.63, 3.8) is 0 Å². The SMILES string of the molecule is O=[C]C1=CCCO1. The summed E-state index contributed by atoms with van der Waals surface area (Å²) in [6.07, 6.45) is 4.23. The van der Waals surface area contributed by atoms with Crippen LogP contribution in [-0.4, -0.2) is 12.9 Å². The van der Waals surface area contributed by atoms with Crippen LogP contribution in [-0.2, 0) is 9.53 Å². The second kappa shape index (κ2) is 1.78. The van der Waals surface area contributed by atoms with Gasteiger partial charge in [0, 0.05) is 6.42 Å². The van der Waals surface area contributed by atoms with Gasteiger partial charge in [0.15, 0.2) is 5.76 Å². The van der Waals surface area contributed by atoms with Gasteiger partial charge in [-0.25, -0.2) is 0 Å². The van der Waals surface area contributed by atoms with Crippen molar-refractivity contribution in [1.29, 1.82) is 0 Å². The topological polar surface area (TPSA) is 26.3 Å². The molecule has 1 rings (SSSR count). The Balaban J connectivity index is 2.51. The first-order chi connectivity index (χ1) is 3.43. The molecule has 0 spiro atoms. The summed E-state index contributed by atoms with van der Waals surface area (Å²) in [6.45, 7) is 0.643. The predicted octanol–water partition coefficient (Wildman–Crippen LogP) is 0.400. The van der Waals surface area contributed by atoms with E-state index in [0.29, 0.717) is 12.4 Å². The second-order valence-corrected chi connectivity index (χ2v) is 1.31. The zero-order valence-electron chi connectivity index (χ0n) is 3.81. The third kappa shape index (κ3) is 0.796. The van der Waals surface area contributed by atoms with Crippen LogP contribution in [0.15, 0.2) is 11.8 Å². The largest absolute Gasteiger partial charge is 0.489 e. The molecule has 0 saturated heterocycles. The Labute approximate surface area is 41.8 Å². The number of ether oxygens (including phenoxy) is 1. The van der Waals surface area contributed by atoms with Gasteiger partial charge in [0.25, 0.3) is 6.29 Å². The summed E-state index contributed by atoms with van der Waals surface area (Å²) in [5.74, 6) is 0.361. The number of carbonyl (C=O) groups excluding carboxylic acids is 1. The highest BCUT2D eigenvalue weighted by molar-refractivity contribution is 5.71. The smallest absolute Gasteiger partial charge is 0.270 e. The number of hydrogen-bond donors (Lipinski definition) is 0. The molecule has 0 N–H and O–H groups in total. The molecule has 0 atom stereocenters. The van der Waals surface area contributed by atoms with Gasteiger partial charge in [-0.15, -0.1) is 0 Å². The van der Waals surface area contributed by atoms with E-state index in [-0.39, 0.29) is 0 Å². The van der Waals surface area contributed by atoms with Crippen LogP contribution in [0.3, 0.4) is 0 Å². The van der Waals surface area contributed by atoms with Crippen molar-refractivity contribution in [3.05, 3.63) is 11.8 Å². The van der Waals surface area contributed by atoms with Crippen molar-refractivity contribution >= 4 is 6.29 Å². The van der Waals surface area contributed by atoms with Crippen LogP contribution >= 0.6 is 0 Å². The molecule has 0 bridgehead atoms. The van der Waals surface area contributed by atoms with Crippen molar-refractivity contribution in [2.45, 2.75) is 6.42 Å². The molecule has 2 nitrogen and oxygen atoms in total. The van der Waals surface area contributed by atoms with E-state index in [9.17, 15) is 4.79 Å². The quantitative estimate of drug-likeness (QED) is 0.473. The standard InChI is InChI=1S/C5H5O2/c6-4-5-2-1-3-7-5/h2H,1,3H2. The van der Waals surface area contributed by atoms with E-state index in [4.69, 9.17) is 4.74 Å². The number of allylic oxidation sites excluding steroid dienone is 1. The molecule has 0 aromatic heterocycles. The average molecular weight is 97.1 g/mol. The fraction of sp³-hybridized carbons (Fsp3) is 0.400. The molecule has 1 radical (unpaired) electrons. The summed E-state index contributed by atoms with van der Waals surface area (Å²) < 4.78 is 4.74. The lowest BCUT2D eigenvalue weighted by Crippen LogP contribution is -1.83. The summed E-state index contributed by atoms with van der Waals surface area (Å²) >= 11 is 0. The maximum atomic E-state index is 9.69. The van der Waals surface area contributed by atoms with Crippen molar-refractivity contribution < 1.29 is 9.53 Å². The Kier molecular flexibility index (Phi) is 1.11. The van der Waals surface area contributed by atoms with Crippen LogP contribution in [0.5, 0.6) is 0 Å². The third-order valence-corrected chi connectivity index (χ3v) is 0.806. The minimum absolute atomic E-state index is 0.361.